The molecule has 0 bridgehead atoms. The van der Waals surface area contributed by atoms with E-state index in [1.807, 2.05) is 21.0 Å². The number of aromatic nitrogens is 2. The molecule has 1 fully saturated rings. The van der Waals surface area contributed by atoms with Gasteiger partial charge in [-0.05, 0) is 56.3 Å². The quantitative estimate of drug-likeness (QED) is 0.356. The minimum absolute atomic E-state index is 0.127. The van der Waals surface area contributed by atoms with E-state index < -0.39 is 11.7 Å². The second-order valence-corrected chi connectivity index (χ2v) is 9.64. The molecule has 3 aromatic rings. The fourth-order valence-electron chi connectivity index (χ4n) is 4.47. The first kappa shape index (κ1) is 26.5. The summed E-state index contributed by atoms with van der Waals surface area (Å²) in [7, 11) is 3.98. The first-order valence-corrected chi connectivity index (χ1v) is 12.1. The number of benzene rings is 2. The molecule has 1 aromatic heterocycles. The molecular weight excluding hydrogens is 477 g/mol. The van der Waals surface area contributed by atoms with Gasteiger partial charge in [0.25, 0.3) is 0 Å². The Hall–Kier alpha value is -3.54. The van der Waals surface area contributed by atoms with Crippen LogP contribution in [0.1, 0.15) is 50.2 Å². The van der Waals surface area contributed by atoms with Crippen molar-refractivity contribution in [3.05, 3.63) is 94.1 Å². The monoisotopic (exact) mass is 506 g/mol. The molecule has 0 unspecified atom stereocenters. The van der Waals surface area contributed by atoms with Crippen molar-refractivity contribution in [1.82, 2.24) is 19.8 Å². The number of aryl methyl sites for hydroxylation is 1. The summed E-state index contributed by atoms with van der Waals surface area (Å²) in [6, 6.07) is 9.77. The molecule has 37 heavy (non-hydrogen) atoms. The number of carbonyl (C=O) groups is 1. The number of carbonyl (C=O) groups excluding carboxylic acids is 1. The van der Waals surface area contributed by atoms with Gasteiger partial charge < -0.3 is 4.90 Å². The van der Waals surface area contributed by atoms with Crippen molar-refractivity contribution in [1.29, 1.82) is 0 Å². The van der Waals surface area contributed by atoms with Gasteiger partial charge in [-0.2, -0.15) is 13.2 Å². The van der Waals surface area contributed by atoms with E-state index >= 15 is 0 Å². The van der Waals surface area contributed by atoms with Crippen molar-refractivity contribution < 1.29 is 18.0 Å². The predicted molar refractivity (Wildman–Crippen MR) is 136 cm³/mol. The third kappa shape index (κ3) is 6.82. The zero-order valence-electron chi connectivity index (χ0n) is 21.1. The zero-order chi connectivity index (χ0) is 26.6. The summed E-state index contributed by atoms with van der Waals surface area (Å²) in [5, 5.41) is 0. The zero-order valence-corrected chi connectivity index (χ0v) is 21.1. The van der Waals surface area contributed by atoms with Gasteiger partial charge in [0.15, 0.2) is 5.78 Å². The third-order valence-electron chi connectivity index (χ3n) is 6.68. The lowest BCUT2D eigenvalue weighted by Crippen LogP contribution is -2.31. The highest BCUT2D eigenvalue weighted by molar-refractivity contribution is 5.98. The van der Waals surface area contributed by atoms with Crippen LogP contribution in [0, 0.1) is 18.8 Å². The number of likely N-dealkylation sites (N-methyl/N-ethyl adjacent to an activating group) is 1. The van der Waals surface area contributed by atoms with Gasteiger partial charge in [0.2, 0.25) is 0 Å². The topological polar surface area (TPSA) is 49.3 Å². The van der Waals surface area contributed by atoms with Crippen LogP contribution in [0.3, 0.4) is 0 Å². The van der Waals surface area contributed by atoms with Crippen molar-refractivity contribution in [2.45, 2.75) is 38.5 Å². The maximum atomic E-state index is 14.0. The van der Waals surface area contributed by atoms with E-state index in [9.17, 15) is 18.0 Å². The Labute approximate surface area is 215 Å². The van der Waals surface area contributed by atoms with Gasteiger partial charge in [-0.15, -0.1) is 0 Å². The SMILES string of the molecule is Cc1ccc(C(=O)Cc2ccc(CN3CC[C@@H](N(C)C)C3)c(C(F)(F)F)c2)cc1C#Cc1cncnc1. The minimum Gasteiger partial charge on any atom is -0.305 e. The van der Waals surface area contributed by atoms with E-state index in [0.717, 1.165) is 31.1 Å². The van der Waals surface area contributed by atoms with E-state index in [1.165, 1.54) is 12.4 Å². The lowest BCUT2D eigenvalue weighted by Gasteiger charge is -2.22. The molecule has 8 heteroatoms. The number of ketones is 1. The van der Waals surface area contributed by atoms with E-state index in [-0.39, 0.29) is 24.3 Å². The van der Waals surface area contributed by atoms with Gasteiger partial charge in [-0.1, -0.05) is 36.1 Å². The molecule has 0 N–H and O–H groups in total. The van der Waals surface area contributed by atoms with Gasteiger partial charge >= 0.3 is 6.18 Å². The molecule has 2 aromatic carbocycles. The van der Waals surface area contributed by atoms with Crippen molar-refractivity contribution in [3.8, 4) is 11.8 Å². The van der Waals surface area contributed by atoms with Crippen LogP contribution >= 0.6 is 0 Å². The van der Waals surface area contributed by atoms with Crippen LogP contribution in [-0.2, 0) is 19.1 Å². The van der Waals surface area contributed by atoms with Gasteiger partial charge in [0.05, 0.1) is 11.1 Å². The summed E-state index contributed by atoms with van der Waals surface area (Å²) in [6.45, 7) is 3.62. The molecule has 192 valence electrons. The number of alkyl halides is 3. The molecule has 1 atom stereocenters. The number of Topliss-reactive ketones (excluding diaryl/α,β-unsaturated/α-hetero) is 1. The second kappa shape index (κ2) is 11.2. The first-order chi connectivity index (χ1) is 17.6. The van der Waals surface area contributed by atoms with Gasteiger partial charge in [0, 0.05) is 55.6 Å². The van der Waals surface area contributed by atoms with Crippen LogP contribution in [-0.4, -0.2) is 58.8 Å². The molecule has 1 saturated heterocycles. The summed E-state index contributed by atoms with van der Waals surface area (Å²) < 4.78 is 41.9. The van der Waals surface area contributed by atoms with Crippen LogP contribution in [0.4, 0.5) is 13.2 Å². The highest BCUT2D eigenvalue weighted by Crippen LogP contribution is 2.34. The van der Waals surface area contributed by atoms with Crippen LogP contribution in [0.5, 0.6) is 0 Å². The van der Waals surface area contributed by atoms with Gasteiger partial charge in [-0.25, -0.2) is 9.97 Å². The molecule has 0 amide bonds. The summed E-state index contributed by atoms with van der Waals surface area (Å²) >= 11 is 0. The summed E-state index contributed by atoms with van der Waals surface area (Å²) in [6.07, 6.45) is 0.913. The molecule has 1 aliphatic heterocycles. The average molecular weight is 507 g/mol. The Kier molecular flexibility index (Phi) is 8.06. The summed E-state index contributed by atoms with van der Waals surface area (Å²) in [5.41, 5.74) is 2.51. The number of likely N-dealkylation sites (tertiary alicyclic amines) is 1. The normalized spacial score (nSPS) is 16.0. The van der Waals surface area contributed by atoms with Crippen molar-refractivity contribution >= 4 is 5.78 Å². The highest BCUT2D eigenvalue weighted by Gasteiger charge is 2.35. The van der Waals surface area contributed by atoms with Crippen LogP contribution in [0.15, 0.2) is 55.1 Å². The van der Waals surface area contributed by atoms with Gasteiger partial charge in [0.1, 0.15) is 6.33 Å². The number of rotatable bonds is 6. The molecule has 1 aliphatic rings. The number of nitrogens with zero attached hydrogens (tertiary/aromatic N) is 4. The molecule has 2 heterocycles. The van der Waals surface area contributed by atoms with E-state index in [4.69, 9.17) is 0 Å². The van der Waals surface area contributed by atoms with E-state index in [1.54, 1.807) is 36.7 Å². The van der Waals surface area contributed by atoms with E-state index in [2.05, 4.69) is 31.6 Å². The standard InChI is InChI=1S/C29H29F3N4O/c1-20-4-7-24(14-23(20)8-6-22-15-33-19-34-16-22)28(37)13-21-5-9-25(27(12-21)29(30,31)32)17-36-11-10-26(18-36)35(2)3/h4-5,7,9,12,14-16,19,26H,10-11,13,17-18H2,1-3H3/t26-/m1/s1. The lowest BCUT2D eigenvalue weighted by molar-refractivity contribution is -0.138. The second-order valence-electron chi connectivity index (χ2n) is 9.64. The molecule has 0 saturated carbocycles. The smallest absolute Gasteiger partial charge is 0.305 e. The van der Waals surface area contributed by atoms with Crippen LogP contribution in [0.25, 0.3) is 0 Å². The largest absolute Gasteiger partial charge is 0.416 e. The number of hydrogen-bond acceptors (Lipinski definition) is 5. The van der Waals surface area contributed by atoms with Crippen molar-refractivity contribution in [3.63, 3.8) is 0 Å². The Morgan fingerprint density at radius 2 is 1.86 bits per heavy atom. The molecule has 0 spiro atoms. The lowest BCUT2D eigenvalue weighted by atomic mass is 9.96. The van der Waals surface area contributed by atoms with Gasteiger partial charge in [-0.3, -0.25) is 9.69 Å². The maximum absolute atomic E-state index is 14.0. The number of hydrogen-bond donors (Lipinski definition) is 0. The molecule has 0 radical (unpaired) electrons. The Bertz CT molecular complexity index is 1330. The van der Waals surface area contributed by atoms with Crippen molar-refractivity contribution in [2.75, 3.05) is 27.2 Å². The molecular formula is C29H29F3N4O. The Balaban J connectivity index is 1.52. The first-order valence-electron chi connectivity index (χ1n) is 12.1. The fourth-order valence-corrected chi connectivity index (χ4v) is 4.47. The predicted octanol–water partition coefficient (Wildman–Crippen LogP) is 4.76. The number of halogens is 3. The Morgan fingerprint density at radius 3 is 2.54 bits per heavy atom. The highest BCUT2D eigenvalue weighted by atomic mass is 19.4. The average Bonchev–Trinajstić information content (AvgIpc) is 3.33. The van der Waals surface area contributed by atoms with E-state index in [0.29, 0.717) is 28.3 Å². The minimum atomic E-state index is -4.50. The maximum Gasteiger partial charge on any atom is 0.416 e. The van der Waals surface area contributed by atoms with Crippen LogP contribution in [0.2, 0.25) is 0 Å². The molecule has 4 rings (SSSR count). The van der Waals surface area contributed by atoms with Crippen LogP contribution < -0.4 is 0 Å². The Morgan fingerprint density at radius 1 is 1.11 bits per heavy atom. The summed E-state index contributed by atoms with van der Waals surface area (Å²) in [4.78, 5) is 25.0. The fraction of sp³-hybridized carbons (Fsp3) is 0.345. The molecule has 5 nitrogen and oxygen atoms in total. The molecule has 0 aliphatic carbocycles. The third-order valence-corrected chi connectivity index (χ3v) is 6.68. The summed E-state index contributed by atoms with van der Waals surface area (Å²) in [5.74, 6) is 5.74. The van der Waals surface area contributed by atoms with Crippen molar-refractivity contribution in [2.24, 2.45) is 0 Å².